The highest BCUT2D eigenvalue weighted by Crippen LogP contribution is 2.26. The number of hydrogen-bond acceptors (Lipinski definition) is 6. The second-order valence-electron chi connectivity index (χ2n) is 3.86. The van der Waals surface area contributed by atoms with Crippen molar-refractivity contribution in [3.05, 3.63) is 29.0 Å². The topological polar surface area (TPSA) is 66.9 Å². The Morgan fingerprint density at radius 3 is 3.05 bits per heavy atom. The molecule has 0 fully saturated rings. The van der Waals surface area contributed by atoms with Gasteiger partial charge in [-0.2, -0.15) is 0 Å². The zero-order valence-electron chi connectivity index (χ0n) is 11.0. The standard InChI is InChI=1S/C12H12ClFN4OS2/c1-2-15-11-17-18-12(21-11)20-6-10(19)16-9-5-7(13)3-4-8(9)14/h3-5H,2,6H2,1H3,(H,15,17)(H,16,19). The molecule has 1 heterocycles. The molecule has 0 spiro atoms. The minimum atomic E-state index is -0.525. The van der Waals surface area contributed by atoms with Crippen LogP contribution in [0.1, 0.15) is 6.92 Å². The Labute approximate surface area is 134 Å². The van der Waals surface area contributed by atoms with Crippen LogP contribution in [0.25, 0.3) is 0 Å². The van der Waals surface area contributed by atoms with E-state index in [9.17, 15) is 9.18 Å². The summed E-state index contributed by atoms with van der Waals surface area (Å²) in [5, 5.41) is 14.4. The first-order chi connectivity index (χ1) is 10.1. The van der Waals surface area contributed by atoms with Crippen molar-refractivity contribution >= 4 is 51.4 Å². The van der Waals surface area contributed by atoms with Crippen LogP contribution in [0.15, 0.2) is 22.5 Å². The number of halogens is 2. The SMILES string of the molecule is CCNc1nnc(SCC(=O)Nc2cc(Cl)ccc2F)s1. The maximum absolute atomic E-state index is 13.5. The lowest BCUT2D eigenvalue weighted by Gasteiger charge is -2.05. The zero-order chi connectivity index (χ0) is 15.2. The normalized spacial score (nSPS) is 10.4. The number of carbonyl (C=O) groups is 1. The summed E-state index contributed by atoms with van der Waals surface area (Å²) in [6.45, 7) is 2.72. The molecule has 1 aromatic heterocycles. The molecule has 0 saturated carbocycles. The van der Waals surface area contributed by atoms with E-state index in [2.05, 4.69) is 20.8 Å². The molecule has 0 unspecified atom stereocenters. The molecule has 112 valence electrons. The lowest BCUT2D eigenvalue weighted by Crippen LogP contribution is -2.15. The van der Waals surface area contributed by atoms with Crippen molar-refractivity contribution < 1.29 is 9.18 Å². The Balaban J connectivity index is 1.88. The maximum atomic E-state index is 13.5. The number of rotatable bonds is 6. The van der Waals surface area contributed by atoms with Crippen molar-refractivity contribution in [3.8, 4) is 0 Å². The smallest absolute Gasteiger partial charge is 0.234 e. The highest BCUT2D eigenvalue weighted by atomic mass is 35.5. The molecule has 0 aliphatic rings. The molecule has 1 aromatic carbocycles. The number of hydrogen-bond donors (Lipinski definition) is 2. The number of nitrogens with zero attached hydrogens (tertiary/aromatic N) is 2. The van der Waals surface area contributed by atoms with E-state index in [0.29, 0.717) is 14.5 Å². The average molecular weight is 347 g/mol. The molecule has 1 amide bonds. The number of anilines is 2. The molecule has 2 aromatic rings. The quantitative estimate of drug-likeness (QED) is 0.784. The molecule has 5 nitrogen and oxygen atoms in total. The summed E-state index contributed by atoms with van der Waals surface area (Å²) in [6, 6.07) is 4.00. The predicted octanol–water partition coefficient (Wildman–Crippen LogP) is 3.49. The molecule has 0 radical (unpaired) electrons. The Morgan fingerprint density at radius 2 is 2.29 bits per heavy atom. The van der Waals surface area contributed by atoms with E-state index in [0.717, 1.165) is 6.54 Å². The summed E-state index contributed by atoms with van der Waals surface area (Å²) >= 11 is 8.37. The fourth-order valence-electron chi connectivity index (χ4n) is 1.40. The Hall–Kier alpha value is -1.38. The van der Waals surface area contributed by atoms with Gasteiger partial charge in [-0.3, -0.25) is 4.79 Å². The molecule has 0 atom stereocenters. The molecule has 0 saturated heterocycles. The minimum absolute atomic E-state index is 0.0682. The van der Waals surface area contributed by atoms with E-state index >= 15 is 0 Å². The van der Waals surface area contributed by atoms with Crippen LogP contribution >= 0.6 is 34.7 Å². The first-order valence-corrected chi connectivity index (χ1v) is 8.21. The first kappa shape index (κ1) is 16.0. The number of carbonyl (C=O) groups excluding carboxylic acids is 1. The van der Waals surface area contributed by atoms with Gasteiger partial charge in [-0.15, -0.1) is 10.2 Å². The van der Waals surface area contributed by atoms with E-state index in [1.165, 1.54) is 41.3 Å². The van der Waals surface area contributed by atoms with Gasteiger partial charge in [-0.1, -0.05) is 34.7 Å². The fourth-order valence-corrected chi connectivity index (χ4v) is 3.19. The molecular formula is C12H12ClFN4OS2. The number of thioether (sulfide) groups is 1. The number of aromatic nitrogens is 2. The summed E-state index contributed by atoms with van der Waals surface area (Å²) in [5.41, 5.74) is 0.0682. The maximum Gasteiger partial charge on any atom is 0.234 e. The van der Waals surface area contributed by atoms with Crippen LogP contribution in [-0.2, 0) is 4.79 Å². The van der Waals surface area contributed by atoms with E-state index in [1.54, 1.807) is 0 Å². The Kier molecular flexibility index (Phi) is 5.77. The number of benzene rings is 1. The van der Waals surface area contributed by atoms with Crippen molar-refractivity contribution in [1.29, 1.82) is 0 Å². The van der Waals surface area contributed by atoms with Crippen LogP contribution in [0.4, 0.5) is 15.2 Å². The van der Waals surface area contributed by atoms with Gasteiger partial charge in [0.05, 0.1) is 11.4 Å². The van der Waals surface area contributed by atoms with Gasteiger partial charge in [-0.25, -0.2) is 4.39 Å². The second-order valence-corrected chi connectivity index (χ2v) is 6.50. The first-order valence-electron chi connectivity index (χ1n) is 6.03. The summed E-state index contributed by atoms with van der Waals surface area (Å²) in [5.74, 6) is -0.739. The van der Waals surface area contributed by atoms with Crippen molar-refractivity contribution in [1.82, 2.24) is 10.2 Å². The third-order valence-corrected chi connectivity index (χ3v) is 4.51. The highest BCUT2D eigenvalue weighted by Gasteiger charge is 2.10. The zero-order valence-corrected chi connectivity index (χ0v) is 13.4. The summed E-state index contributed by atoms with van der Waals surface area (Å²) in [4.78, 5) is 11.8. The molecule has 9 heteroatoms. The van der Waals surface area contributed by atoms with Gasteiger partial charge in [0.15, 0.2) is 4.34 Å². The summed E-state index contributed by atoms with van der Waals surface area (Å²) in [6.07, 6.45) is 0. The van der Waals surface area contributed by atoms with Crippen LogP contribution < -0.4 is 10.6 Å². The fraction of sp³-hybridized carbons (Fsp3) is 0.250. The van der Waals surface area contributed by atoms with Crippen LogP contribution in [0.5, 0.6) is 0 Å². The summed E-state index contributed by atoms with van der Waals surface area (Å²) < 4.78 is 14.1. The lowest BCUT2D eigenvalue weighted by atomic mass is 10.3. The van der Waals surface area contributed by atoms with Crippen LogP contribution in [0.2, 0.25) is 5.02 Å². The van der Waals surface area contributed by atoms with Gasteiger partial charge < -0.3 is 10.6 Å². The highest BCUT2D eigenvalue weighted by molar-refractivity contribution is 8.01. The van der Waals surface area contributed by atoms with Crippen LogP contribution in [0.3, 0.4) is 0 Å². The monoisotopic (exact) mass is 346 g/mol. The van der Waals surface area contributed by atoms with Gasteiger partial charge in [0, 0.05) is 11.6 Å². The van der Waals surface area contributed by atoms with E-state index in [1.807, 2.05) is 6.92 Å². The molecule has 0 aliphatic carbocycles. The van der Waals surface area contributed by atoms with Gasteiger partial charge >= 0.3 is 0 Å². The summed E-state index contributed by atoms with van der Waals surface area (Å²) in [7, 11) is 0. The average Bonchev–Trinajstić information content (AvgIpc) is 2.89. The number of nitrogens with one attached hydrogen (secondary N) is 2. The molecule has 0 bridgehead atoms. The Morgan fingerprint density at radius 1 is 1.48 bits per heavy atom. The van der Waals surface area contributed by atoms with Crippen molar-refractivity contribution in [2.75, 3.05) is 22.9 Å². The third kappa shape index (κ3) is 4.83. The van der Waals surface area contributed by atoms with Gasteiger partial charge in [0.1, 0.15) is 5.82 Å². The second kappa shape index (κ2) is 7.58. The molecule has 2 rings (SSSR count). The van der Waals surface area contributed by atoms with E-state index < -0.39 is 5.82 Å². The van der Waals surface area contributed by atoms with Gasteiger partial charge in [0.25, 0.3) is 0 Å². The van der Waals surface area contributed by atoms with Gasteiger partial charge in [0.2, 0.25) is 11.0 Å². The molecule has 2 N–H and O–H groups in total. The molecule has 0 aliphatic heterocycles. The minimum Gasteiger partial charge on any atom is -0.360 e. The third-order valence-electron chi connectivity index (χ3n) is 2.26. The Bertz CT molecular complexity index is 637. The van der Waals surface area contributed by atoms with Crippen LogP contribution in [-0.4, -0.2) is 28.4 Å². The van der Waals surface area contributed by atoms with Crippen molar-refractivity contribution in [2.45, 2.75) is 11.3 Å². The lowest BCUT2D eigenvalue weighted by molar-refractivity contribution is -0.113. The van der Waals surface area contributed by atoms with Crippen molar-refractivity contribution in [2.24, 2.45) is 0 Å². The van der Waals surface area contributed by atoms with E-state index in [4.69, 9.17) is 11.6 Å². The van der Waals surface area contributed by atoms with Crippen molar-refractivity contribution in [3.63, 3.8) is 0 Å². The van der Waals surface area contributed by atoms with Crippen LogP contribution in [0, 0.1) is 5.82 Å². The molecule has 21 heavy (non-hydrogen) atoms. The largest absolute Gasteiger partial charge is 0.360 e. The van der Waals surface area contributed by atoms with Gasteiger partial charge in [-0.05, 0) is 25.1 Å². The predicted molar refractivity (Wildman–Crippen MR) is 84.8 cm³/mol. The molecular weight excluding hydrogens is 335 g/mol. The number of amides is 1. The van der Waals surface area contributed by atoms with E-state index in [-0.39, 0.29) is 17.3 Å².